The van der Waals surface area contributed by atoms with E-state index >= 15 is 0 Å². The zero-order valence-corrected chi connectivity index (χ0v) is 24.2. The highest BCUT2D eigenvalue weighted by Gasteiger charge is 2.33. The van der Waals surface area contributed by atoms with Gasteiger partial charge in [-0.25, -0.2) is 13.4 Å². The summed E-state index contributed by atoms with van der Waals surface area (Å²) in [6.07, 6.45) is 12.1. The average Bonchev–Trinajstić information content (AvgIpc) is 3.41. The van der Waals surface area contributed by atoms with Gasteiger partial charge in [-0.15, -0.1) is 0 Å². The Morgan fingerprint density at radius 1 is 0.775 bits per heavy atom. The van der Waals surface area contributed by atoms with E-state index in [1.807, 2.05) is 48.7 Å². The third-order valence-corrected chi connectivity index (χ3v) is 10.8. The number of sulfonamides is 1. The minimum absolute atomic E-state index is 0.293. The van der Waals surface area contributed by atoms with Crippen molar-refractivity contribution >= 4 is 32.6 Å². The summed E-state index contributed by atoms with van der Waals surface area (Å²) in [7, 11) is -3.50. The molecule has 0 bridgehead atoms. The van der Waals surface area contributed by atoms with E-state index in [2.05, 4.69) is 20.1 Å². The van der Waals surface area contributed by atoms with E-state index in [0.29, 0.717) is 30.1 Å². The van der Waals surface area contributed by atoms with Crippen molar-refractivity contribution in [2.24, 2.45) is 0 Å². The van der Waals surface area contributed by atoms with Crippen molar-refractivity contribution in [2.45, 2.75) is 74.8 Å². The standard InChI is InChI=1S/C31H42N6O2S/c38-40(39,29-13-12-25-9-3-4-10-26(25)23-29)37-21-15-28(16-22-37)36-20-8-5-11-27(24-36)33-31-32-17-14-30(34-31)35-18-6-1-2-7-19-35/h3-4,9-10,12-14,17,23,27-28H,1-2,5-8,11,15-16,18-22,24H2,(H,32,33,34). The lowest BCUT2D eigenvalue weighted by molar-refractivity contribution is 0.140. The molecular weight excluding hydrogens is 520 g/mol. The van der Waals surface area contributed by atoms with Gasteiger partial charge in [0.05, 0.1) is 4.90 Å². The molecular formula is C31H42N6O2S. The Morgan fingerprint density at radius 2 is 1.52 bits per heavy atom. The molecule has 40 heavy (non-hydrogen) atoms. The molecule has 1 aromatic heterocycles. The highest BCUT2D eigenvalue weighted by Crippen LogP contribution is 2.28. The van der Waals surface area contributed by atoms with E-state index in [0.717, 1.165) is 68.0 Å². The summed E-state index contributed by atoms with van der Waals surface area (Å²) in [6.45, 7) is 5.28. The fourth-order valence-electron chi connectivity index (χ4n) is 6.62. The maximum Gasteiger partial charge on any atom is 0.243 e. The van der Waals surface area contributed by atoms with Crippen LogP contribution in [0.2, 0.25) is 0 Å². The van der Waals surface area contributed by atoms with Gasteiger partial charge in [0, 0.05) is 51.0 Å². The van der Waals surface area contributed by atoms with Crippen LogP contribution in [0.1, 0.15) is 57.8 Å². The van der Waals surface area contributed by atoms with Crippen LogP contribution < -0.4 is 10.2 Å². The largest absolute Gasteiger partial charge is 0.356 e. The number of likely N-dealkylation sites (tertiary alicyclic amines) is 1. The van der Waals surface area contributed by atoms with Crippen molar-refractivity contribution < 1.29 is 8.42 Å². The molecule has 3 aliphatic rings. The molecule has 0 amide bonds. The Bertz CT molecular complexity index is 1380. The van der Waals surface area contributed by atoms with Gasteiger partial charge in [-0.05, 0) is 74.0 Å². The first-order chi connectivity index (χ1) is 19.6. The number of hydrogen-bond donors (Lipinski definition) is 1. The second kappa shape index (κ2) is 12.4. The number of hydrogen-bond acceptors (Lipinski definition) is 7. The normalized spacial score (nSPS) is 22.6. The van der Waals surface area contributed by atoms with Gasteiger partial charge in [-0.2, -0.15) is 9.29 Å². The third-order valence-electron chi connectivity index (χ3n) is 8.91. The predicted octanol–water partition coefficient (Wildman–Crippen LogP) is 5.13. The number of nitrogens with zero attached hydrogens (tertiary/aromatic N) is 5. The minimum atomic E-state index is -3.50. The molecule has 1 atom stereocenters. The molecule has 0 saturated carbocycles. The minimum Gasteiger partial charge on any atom is -0.356 e. The number of piperidine rings is 1. The molecule has 0 aliphatic carbocycles. The van der Waals surface area contributed by atoms with E-state index in [1.165, 1.54) is 38.5 Å². The fourth-order valence-corrected chi connectivity index (χ4v) is 8.13. The molecule has 3 saturated heterocycles. The molecule has 2 aromatic carbocycles. The topological polar surface area (TPSA) is 81.7 Å². The molecule has 1 unspecified atom stereocenters. The summed E-state index contributed by atoms with van der Waals surface area (Å²) in [4.78, 5) is 14.8. The van der Waals surface area contributed by atoms with Gasteiger partial charge in [0.1, 0.15) is 5.82 Å². The van der Waals surface area contributed by atoms with Crippen LogP contribution in [0.25, 0.3) is 10.8 Å². The molecule has 0 spiro atoms. The second-order valence-electron chi connectivity index (χ2n) is 11.6. The summed E-state index contributed by atoms with van der Waals surface area (Å²) in [5, 5.41) is 5.68. The number of fused-ring (bicyclic) bond motifs is 1. The first-order valence-corrected chi connectivity index (χ1v) is 16.6. The molecule has 3 aliphatic heterocycles. The van der Waals surface area contributed by atoms with Crippen LogP contribution in [0.3, 0.4) is 0 Å². The SMILES string of the molecule is O=S(=O)(c1ccc2ccccc2c1)N1CCC(N2CCCCC(Nc3nccc(N4CCCCCC4)n3)C2)CC1. The highest BCUT2D eigenvalue weighted by atomic mass is 32.2. The first kappa shape index (κ1) is 27.4. The summed E-state index contributed by atoms with van der Waals surface area (Å²) in [5.74, 6) is 1.76. The molecule has 8 nitrogen and oxygen atoms in total. The molecule has 1 N–H and O–H groups in total. The van der Waals surface area contributed by atoms with Crippen LogP contribution in [-0.4, -0.2) is 78.9 Å². The second-order valence-corrected chi connectivity index (χ2v) is 13.6. The zero-order chi connectivity index (χ0) is 27.4. The van der Waals surface area contributed by atoms with Crippen LogP contribution in [0.4, 0.5) is 11.8 Å². The lowest BCUT2D eigenvalue weighted by Gasteiger charge is -2.38. The number of aromatic nitrogens is 2. The van der Waals surface area contributed by atoms with Gasteiger partial charge in [0.2, 0.25) is 16.0 Å². The van der Waals surface area contributed by atoms with Crippen molar-refractivity contribution in [3.8, 4) is 0 Å². The average molecular weight is 563 g/mol. The molecule has 3 aromatic rings. The maximum atomic E-state index is 13.5. The van der Waals surface area contributed by atoms with E-state index in [9.17, 15) is 8.42 Å². The fraction of sp³-hybridized carbons (Fsp3) is 0.548. The van der Waals surface area contributed by atoms with Gasteiger partial charge < -0.3 is 10.2 Å². The van der Waals surface area contributed by atoms with Crippen LogP contribution in [0.5, 0.6) is 0 Å². The number of benzene rings is 2. The summed E-state index contributed by atoms with van der Waals surface area (Å²) in [6, 6.07) is 16.1. The van der Waals surface area contributed by atoms with Gasteiger partial charge in [0.15, 0.2) is 0 Å². The summed E-state index contributed by atoms with van der Waals surface area (Å²) >= 11 is 0. The first-order valence-electron chi connectivity index (χ1n) is 15.1. The lowest BCUT2D eigenvalue weighted by Crippen LogP contribution is -2.49. The van der Waals surface area contributed by atoms with E-state index in [-0.39, 0.29) is 0 Å². The van der Waals surface area contributed by atoms with Gasteiger partial charge in [0.25, 0.3) is 0 Å². The molecule has 9 heteroatoms. The number of nitrogens with one attached hydrogen (secondary N) is 1. The molecule has 4 heterocycles. The van der Waals surface area contributed by atoms with Crippen molar-refractivity contribution in [3.63, 3.8) is 0 Å². The van der Waals surface area contributed by atoms with E-state index < -0.39 is 10.0 Å². The van der Waals surface area contributed by atoms with E-state index in [4.69, 9.17) is 4.98 Å². The van der Waals surface area contributed by atoms with Crippen LogP contribution >= 0.6 is 0 Å². The van der Waals surface area contributed by atoms with Crippen molar-refractivity contribution in [1.29, 1.82) is 0 Å². The lowest BCUT2D eigenvalue weighted by atomic mass is 10.0. The predicted molar refractivity (Wildman–Crippen MR) is 161 cm³/mol. The Morgan fingerprint density at radius 3 is 2.33 bits per heavy atom. The Labute approximate surface area is 238 Å². The molecule has 6 rings (SSSR count). The van der Waals surface area contributed by atoms with Crippen molar-refractivity contribution in [3.05, 3.63) is 54.7 Å². The molecule has 0 radical (unpaired) electrons. The third kappa shape index (κ3) is 6.26. The van der Waals surface area contributed by atoms with E-state index in [1.54, 1.807) is 10.4 Å². The number of rotatable bonds is 6. The van der Waals surface area contributed by atoms with Crippen LogP contribution in [-0.2, 0) is 10.0 Å². The van der Waals surface area contributed by atoms with Gasteiger partial charge >= 0.3 is 0 Å². The monoisotopic (exact) mass is 562 g/mol. The Balaban J connectivity index is 1.07. The van der Waals surface area contributed by atoms with Crippen molar-refractivity contribution in [2.75, 3.05) is 49.5 Å². The highest BCUT2D eigenvalue weighted by molar-refractivity contribution is 7.89. The number of anilines is 2. The van der Waals surface area contributed by atoms with Crippen LogP contribution in [0.15, 0.2) is 59.6 Å². The quantitative estimate of drug-likeness (QED) is 0.446. The van der Waals surface area contributed by atoms with Gasteiger partial charge in [-0.1, -0.05) is 49.6 Å². The zero-order valence-electron chi connectivity index (χ0n) is 23.4. The van der Waals surface area contributed by atoms with Crippen LogP contribution in [0, 0.1) is 0 Å². The Kier molecular flexibility index (Phi) is 8.51. The molecule has 214 valence electrons. The smallest absolute Gasteiger partial charge is 0.243 e. The molecule has 3 fully saturated rings. The van der Waals surface area contributed by atoms with Crippen molar-refractivity contribution in [1.82, 2.24) is 19.2 Å². The maximum absolute atomic E-state index is 13.5. The van der Waals surface area contributed by atoms with Gasteiger partial charge in [-0.3, -0.25) is 4.90 Å². The Hall–Kier alpha value is -2.75. The summed E-state index contributed by atoms with van der Waals surface area (Å²) < 4.78 is 28.6. The summed E-state index contributed by atoms with van der Waals surface area (Å²) in [5.41, 5.74) is 0.